The van der Waals surface area contributed by atoms with E-state index in [4.69, 9.17) is 13.9 Å². The van der Waals surface area contributed by atoms with Crippen LogP contribution in [0.2, 0.25) is 0 Å². The number of sulfonamides is 1. The third-order valence-electron chi connectivity index (χ3n) is 4.23. The normalized spacial score (nSPS) is 11.4. The molecule has 1 heterocycles. The molecule has 0 unspecified atom stereocenters. The van der Waals surface area contributed by atoms with Crippen LogP contribution in [0, 0.1) is 5.82 Å². The standard InChI is InChI=1S/C20H20FNO6S/c1-4-10-29(24,25)22(14-8-9-16(26-2)15(21)12-14)20(23)18-11-13-6-5-7-17(27-3)19(13)28-18/h5-9,11-12H,4,10H2,1-3H3. The molecule has 29 heavy (non-hydrogen) atoms. The Bertz CT molecular complexity index is 1150. The number of methoxy groups -OCH3 is 2. The molecule has 0 fully saturated rings. The first-order chi connectivity index (χ1) is 13.8. The van der Waals surface area contributed by atoms with Gasteiger partial charge in [-0.2, -0.15) is 4.31 Å². The Kier molecular flexibility index (Phi) is 5.78. The number of para-hydroxylation sites is 1. The van der Waals surface area contributed by atoms with E-state index in [-0.39, 0.29) is 29.4 Å². The summed E-state index contributed by atoms with van der Waals surface area (Å²) in [5, 5.41) is 0.571. The van der Waals surface area contributed by atoms with Gasteiger partial charge in [-0.1, -0.05) is 19.1 Å². The van der Waals surface area contributed by atoms with Gasteiger partial charge in [0.05, 0.1) is 25.7 Å². The van der Waals surface area contributed by atoms with Crippen molar-refractivity contribution in [2.75, 3.05) is 24.3 Å². The Morgan fingerprint density at radius 3 is 2.45 bits per heavy atom. The number of rotatable bonds is 7. The zero-order chi connectivity index (χ0) is 21.2. The maximum atomic E-state index is 14.2. The fraction of sp³-hybridized carbons (Fsp3) is 0.250. The number of nitrogens with zero attached hydrogens (tertiary/aromatic N) is 1. The highest BCUT2D eigenvalue weighted by atomic mass is 32.2. The van der Waals surface area contributed by atoms with Gasteiger partial charge in [-0.3, -0.25) is 4.79 Å². The van der Waals surface area contributed by atoms with E-state index < -0.39 is 21.7 Å². The molecule has 0 aliphatic heterocycles. The highest BCUT2D eigenvalue weighted by molar-refractivity contribution is 7.93. The lowest BCUT2D eigenvalue weighted by atomic mass is 10.2. The molecule has 0 saturated heterocycles. The maximum absolute atomic E-state index is 14.2. The van der Waals surface area contributed by atoms with Crippen LogP contribution in [0.25, 0.3) is 11.0 Å². The van der Waals surface area contributed by atoms with Crippen molar-refractivity contribution in [2.45, 2.75) is 13.3 Å². The first-order valence-corrected chi connectivity index (χ1v) is 10.4. The molecule has 0 spiro atoms. The van der Waals surface area contributed by atoms with Gasteiger partial charge in [0.15, 0.2) is 28.7 Å². The molecule has 0 atom stereocenters. The number of benzene rings is 2. The van der Waals surface area contributed by atoms with Crippen molar-refractivity contribution in [1.82, 2.24) is 0 Å². The van der Waals surface area contributed by atoms with Gasteiger partial charge in [-0.05, 0) is 30.7 Å². The maximum Gasteiger partial charge on any atom is 0.307 e. The van der Waals surface area contributed by atoms with Gasteiger partial charge in [0.2, 0.25) is 10.0 Å². The third kappa shape index (κ3) is 3.91. The minimum absolute atomic E-state index is 0.0671. The summed E-state index contributed by atoms with van der Waals surface area (Å²) in [5.74, 6) is -1.89. The zero-order valence-electron chi connectivity index (χ0n) is 16.1. The van der Waals surface area contributed by atoms with Crippen molar-refractivity contribution in [2.24, 2.45) is 0 Å². The monoisotopic (exact) mass is 421 g/mol. The second kappa shape index (κ2) is 8.12. The van der Waals surface area contributed by atoms with Crippen LogP contribution in [-0.4, -0.2) is 34.3 Å². The van der Waals surface area contributed by atoms with Crippen molar-refractivity contribution in [1.29, 1.82) is 0 Å². The molecule has 3 aromatic rings. The summed E-state index contributed by atoms with van der Waals surface area (Å²) in [4.78, 5) is 13.2. The summed E-state index contributed by atoms with van der Waals surface area (Å²) in [6.45, 7) is 1.67. The number of fused-ring (bicyclic) bond motifs is 1. The molecule has 1 amide bonds. The molecule has 1 aromatic heterocycles. The Balaban J connectivity index is 2.14. The van der Waals surface area contributed by atoms with Crippen LogP contribution in [0.3, 0.4) is 0 Å². The zero-order valence-corrected chi connectivity index (χ0v) is 17.0. The first kappa shape index (κ1) is 20.7. The predicted octanol–water partition coefficient (Wildman–Crippen LogP) is 3.98. The summed E-state index contributed by atoms with van der Waals surface area (Å²) < 4.78 is 56.1. The largest absolute Gasteiger partial charge is 0.494 e. The van der Waals surface area contributed by atoms with Crippen molar-refractivity contribution in [3.05, 3.63) is 54.0 Å². The lowest BCUT2D eigenvalue weighted by Crippen LogP contribution is -2.38. The van der Waals surface area contributed by atoms with Crippen molar-refractivity contribution >= 4 is 32.6 Å². The number of amides is 1. The van der Waals surface area contributed by atoms with Crippen molar-refractivity contribution < 1.29 is 31.5 Å². The van der Waals surface area contributed by atoms with Crippen LogP contribution < -0.4 is 13.8 Å². The first-order valence-electron chi connectivity index (χ1n) is 8.79. The topological polar surface area (TPSA) is 86.1 Å². The molecule has 3 rings (SSSR count). The van der Waals surface area contributed by atoms with Gasteiger partial charge >= 0.3 is 5.91 Å². The smallest absolute Gasteiger partial charge is 0.307 e. The van der Waals surface area contributed by atoms with E-state index >= 15 is 0 Å². The molecule has 9 heteroatoms. The van der Waals surface area contributed by atoms with Crippen molar-refractivity contribution in [3.8, 4) is 11.5 Å². The lowest BCUT2D eigenvalue weighted by molar-refractivity contribution is 0.0981. The Labute approximate surface area is 167 Å². The number of furan rings is 1. The summed E-state index contributed by atoms with van der Waals surface area (Å²) in [6, 6.07) is 10.0. The summed E-state index contributed by atoms with van der Waals surface area (Å²) in [5.41, 5.74) is 0.168. The highest BCUT2D eigenvalue weighted by Crippen LogP contribution is 2.32. The number of hydrogen-bond donors (Lipinski definition) is 0. The van der Waals surface area contributed by atoms with E-state index in [0.29, 0.717) is 21.0 Å². The molecule has 0 N–H and O–H groups in total. The number of carbonyl (C=O) groups is 1. The van der Waals surface area contributed by atoms with Crippen LogP contribution in [-0.2, 0) is 10.0 Å². The molecule has 0 aliphatic rings. The Morgan fingerprint density at radius 2 is 1.83 bits per heavy atom. The average molecular weight is 421 g/mol. The second-order valence-corrected chi connectivity index (χ2v) is 8.13. The molecule has 0 radical (unpaired) electrons. The van der Waals surface area contributed by atoms with E-state index in [1.165, 1.54) is 32.4 Å². The van der Waals surface area contributed by atoms with Crippen LogP contribution in [0.1, 0.15) is 23.9 Å². The van der Waals surface area contributed by atoms with Gasteiger partial charge in [-0.15, -0.1) is 0 Å². The van der Waals surface area contributed by atoms with E-state index in [9.17, 15) is 17.6 Å². The number of ether oxygens (including phenoxy) is 2. The van der Waals surface area contributed by atoms with Gasteiger partial charge < -0.3 is 13.9 Å². The van der Waals surface area contributed by atoms with E-state index in [1.807, 2.05) is 0 Å². The number of halogens is 1. The molecular weight excluding hydrogens is 401 g/mol. The summed E-state index contributed by atoms with van der Waals surface area (Å²) >= 11 is 0. The molecule has 2 aromatic carbocycles. The van der Waals surface area contributed by atoms with E-state index in [2.05, 4.69) is 0 Å². The SMILES string of the molecule is CCCS(=O)(=O)N(C(=O)c1cc2cccc(OC)c2o1)c1ccc(OC)c(F)c1. The minimum Gasteiger partial charge on any atom is -0.494 e. The fourth-order valence-electron chi connectivity index (χ4n) is 2.94. The quantitative estimate of drug-likeness (QED) is 0.574. The molecule has 7 nitrogen and oxygen atoms in total. The van der Waals surface area contributed by atoms with Crippen LogP contribution in [0.4, 0.5) is 10.1 Å². The molecule has 0 saturated carbocycles. The Hall–Kier alpha value is -3.07. The predicted molar refractivity (Wildman–Crippen MR) is 107 cm³/mol. The highest BCUT2D eigenvalue weighted by Gasteiger charge is 2.32. The lowest BCUT2D eigenvalue weighted by Gasteiger charge is -2.21. The van der Waals surface area contributed by atoms with Gasteiger partial charge in [0.1, 0.15) is 0 Å². The van der Waals surface area contributed by atoms with Crippen LogP contribution >= 0.6 is 0 Å². The number of carbonyl (C=O) groups excluding carboxylic acids is 1. The third-order valence-corrected chi connectivity index (χ3v) is 6.09. The van der Waals surface area contributed by atoms with Crippen LogP contribution in [0.15, 0.2) is 46.9 Å². The van der Waals surface area contributed by atoms with E-state index in [1.54, 1.807) is 25.1 Å². The van der Waals surface area contributed by atoms with Gasteiger partial charge in [-0.25, -0.2) is 12.8 Å². The fourth-order valence-corrected chi connectivity index (χ4v) is 4.41. The van der Waals surface area contributed by atoms with Crippen molar-refractivity contribution in [3.63, 3.8) is 0 Å². The van der Waals surface area contributed by atoms with Crippen LogP contribution in [0.5, 0.6) is 11.5 Å². The van der Waals surface area contributed by atoms with Gasteiger partial charge in [0, 0.05) is 11.5 Å². The summed E-state index contributed by atoms with van der Waals surface area (Å²) in [7, 11) is -1.33. The Morgan fingerprint density at radius 1 is 1.10 bits per heavy atom. The molecular formula is C20H20FNO6S. The van der Waals surface area contributed by atoms with Gasteiger partial charge in [0.25, 0.3) is 0 Å². The van der Waals surface area contributed by atoms with E-state index in [0.717, 1.165) is 6.07 Å². The summed E-state index contributed by atoms with van der Waals surface area (Å²) in [6.07, 6.45) is 0.276. The molecule has 0 bridgehead atoms. The molecule has 154 valence electrons. The molecule has 0 aliphatic carbocycles. The second-order valence-electron chi connectivity index (χ2n) is 6.19. The number of hydrogen-bond acceptors (Lipinski definition) is 6. The minimum atomic E-state index is -4.08. The number of anilines is 1. The average Bonchev–Trinajstić information content (AvgIpc) is 3.12.